The Kier molecular flexibility index (Phi) is 8.12. The summed E-state index contributed by atoms with van der Waals surface area (Å²) in [6, 6.07) is 84.8. The van der Waals surface area contributed by atoms with Crippen LogP contribution in [0.25, 0.3) is 102 Å². The summed E-state index contributed by atoms with van der Waals surface area (Å²) in [5.74, 6) is 0. The molecule has 0 atom stereocenters. The first-order valence-corrected chi connectivity index (χ1v) is 22.4. The van der Waals surface area contributed by atoms with Gasteiger partial charge in [0.25, 0.3) is 0 Å². The van der Waals surface area contributed by atoms with Gasteiger partial charge in [-0.25, -0.2) is 0 Å². The number of anilines is 3. The van der Waals surface area contributed by atoms with E-state index in [4.69, 9.17) is 0 Å². The fourth-order valence-corrected chi connectivity index (χ4v) is 11.2. The van der Waals surface area contributed by atoms with Crippen LogP contribution in [0.15, 0.2) is 231 Å². The van der Waals surface area contributed by atoms with E-state index in [9.17, 15) is 0 Å². The highest BCUT2D eigenvalue weighted by atomic mass is 32.1. The summed E-state index contributed by atoms with van der Waals surface area (Å²) in [5, 5.41) is 12.6. The van der Waals surface area contributed by atoms with Crippen LogP contribution < -0.4 is 4.90 Å². The minimum Gasteiger partial charge on any atom is -0.309 e. The number of hydrogen-bond acceptors (Lipinski definition) is 2. The molecule has 294 valence electrons. The van der Waals surface area contributed by atoms with Crippen LogP contribution in [0.2, 0.25) is 0 Å². The lowest BCUT2D eigenvalue weighted by atomic mass is 9.93. The Morgan fingerprint density at radius 3 is 1.62 bits per heavy atom. The molecule has 0 radical (unpaired) electrons. The Morgan fingerprint density at radius 2 is 0.889 bits per heavy atom. The topological polar surface area (TPSA) is 8.17 Å². The van der Waals surface area contributed by atoms with Gasteiger partial charge in [-0.1, -0.05) is 170 Å². The summed E-state index contributed by atoms with van der Waals surface area (Å²) in [4.78, 5) is 2.44. The minimum atomic E-state index is 1.11. The fourth-order valence-electron chi connectivity index (χ4n) is 10.1. The van der Waals surface area contributed by atoms with Crippen molar-refractivity contribution in [3.8, 4) is 27.9 Å². The molecule has 0 amide bonds. The molecule has 3 heteroatoms. The van der Waals surface area contributed by atoms with E-state index in [2.05, 4.69) is 240 Å². The second-order valence-corrected chi connectivity index (χ2v) is 17.5. The van der Waals surface area contributed by atoms with Crippen LogP contribution >= 0.6 is 11.3 Å². The summed E-state index contributed by atoms with van der Waals surface area (Å²) < 4.78 is 5.10. The molecule has 0 aliphatic heterocycles. The standard InChI is InChI=1S/C60H38N2S/c1-4-23-48-39(14-1)17-12-28-54(48)61(55-29-13-18-40-15-2-5-24-49(40)55)44-20-11-19-42(36-44)46-21-7-8-22-47(46)43-30-33-52-51-26-9-10-27-56(51)62(57(52)37-43)45-32-35-58-53(38-45)60-50-25-6-3-16-41(50)31-34-59(60)63-58/h1-38H. The molecule has 11 aromatic carbocycles. The second kappa shape index (κ2) is 14.3. The molecule has 2 nitrogen and oxygen atoms in total. The van der Waals surface area contributed by atoms with E-state index in [1.807, 2.05) is 11.3 Å². The highest BCUT2D eigenvalue weighted by Crippen LogP contribution is 2.45. The van der Waals surface area contributed by atoms with Crippen molar-refractivity contribution in [3.63, 3.8) is 0 Å². The Bertz CT molecular complexity index is 3860. The van der Waals surface area contributed by atoms with Crippen LogP contribution in [0.5, 0.6) is 0 Å². The Morgan fingerprint density at radius 1 is 0.333 bits per heavy atom. The summed E-state index contributed by atoms with van der Waals surface area (Å²) in [5.41, 5.74) is 11.7. The molecular weight excluding hydrogens is 781 g/mol. The van der Waals surface area contributed by atoms with Crippen molar-refractivity contribution in [2.24, 2.45) is 0 Å². The van der Waals surface area contributed by atoms with E-state index >= 15 is 0 Å². The summed E-state index contributed by atoms with van der Waals surface area (Å²) in [6.45, 7) is 0. The number of thiophene rings is 1. The molecular formula is C60H38N2S. The van der Waals surface area contributed by atoms with Crippen molar-refractivity contribution in [1.82, 2.24) is 4.57 Å². The first kappa shape index (κ1) is 35.7. The van der Waals surface area contributed by atoms with Crippen LogP contribution in [0.4, 0.5) is 17.1 Å². The van der Waals surface area contributed by atoms with Gasteiger partial charge in [0.15, 0.2) is 0 Å². The summed E-state index contributed by atoms with van der Waals surface area (Å²) in [6.07, 6.45) is 0. The quantitative estimate of drug-likeness (QED) is 0.162. The molecule has 0 saturated carbocycles. The molecule has 0 spiro atoms. The van der Waals surface area contributed by atoms with Gasteiger partial charge in [-0.15, -0.1) is 11.3 Å². The van der Waals surface area contributed by atoms with Crippen molar-refractivity contribution in [1.29, 1.82) is 0 Å². The molecule has 13 aromatic rings. The zero-order valence-corrected chi connectivity index (χ0v) is 35.1. The van der Waals surface area contributed by atoms with Crippen molar-refractivity contribution >= 4 is 103 Å². The summed E-state index contributed by atoms with van der Waals surface area (Å²) in [7, 11) is 0. The van der Waals surface area contributed by atoms with Crippen LogP contribution in [0, 0.1) is 0 Å². The summed E-state index contributed by atoms with van der Waals surface area (Å²) >= 11 is 1.88. The lowest BCUT2D eigenvalue weighted by Crippen LogP contribution is -2.11. The highest BCUT2D eigenvalue weighted by molar-refractivity contribution is 7.26. The predicted molar refractivity (Wildman–Crippen MR) is 272 cm³/mol. The third-order valence-electron chi connectivity index (χ3n) is 12.9. The molecule has 13 rings (SSSR count). The fraction of sp³-hybridized carbons (Fsp3) is 0. The maximum atomic E-state index is 2.47. The normalized spacial score (nSPS) is 11.8. The maximum absolute atomic E-state index is 2.47. The van der Waals surface area contributed by atoms with E-state index < -0.39 is 0 Å². The molecule has 2 heterocycles. The van der Waals surface area contributed by atoms with Crippen molar-refractivity contribution in [2.75, 3.05) is 4.90 Å². The first-order valence-electron chi connectivity index (χ1n) is 21.6. The zero-order valence-electron chi connectivity index (χ0n) is 34.2. The van der Waals surface area contributed by atoms with Gasteiger partial charge < -0.3 is 9.47 Å². The second-order valence-electron chi connectivity index (χ2n) is 16.5. The van der Waals surface area contributed by atoms with Gasteiger partial charge in [0, 0.05) is 53.1 Å². The van der Waals surface area contributed by atoms with E-state index in [0.29, 0.717) is 0 Å². The van der Waals surface area contributed by atoms with E-state index in [1.165, 1.54) is 96.7 Å². The van der Waals surface area contributed by atoms with Crippen LogP contribution in [-0.4, -0.2) is 4.57 Å². The Balaban J connectivity index is 0.987. The van der Waals surface area contributed by atoms with Gasteiger partial charge in [-0.05, 0) is 104 Å². The van der Waals surface area contributed by atoms with Gasteiger partial charge in [0.2, 0.25) is 0 Å². The number of rotatable bonds is 6. The zero-order chi connectivity index (χ0) is 41.4. The predicted octanol–water partition coefficient (Wildman–Crippen LogP) is 17.4. The molecule has 63 heavy (non-hydrogen) atoms. The minimum absolute atomic E-state index is 1.11. The largest absolute Gasteiger partial charge is 0.309 e. The van der Waals surface area contributed by atoms with E-state index in [-0.39, 0.29) is 0 Å². The van der Waals surface area contributed by atoms with Crippen LogP contribution in [0.1, 0.15) is 0 Å². The molecule has 0 aliphatic carbocycles. The lowest BCUT2D eigenvalue weighted by molar-refractivity contribution is 1.19. The third-order valence-corrected chi connectivity index (χ3v) is 14.1. The number of fused-ring (bicyclic) bond motifs is 10. The number of nitrogens with zero attached hydrogens (tertiary/aromatic N) is 2. The average Bonchev–Trinajstić information content (AvgIpc) is 3.90. The SMILES string of the molecule is c1cc(-c2ccccc2-c2ccc3c4ccccc4n(-c4ccc5sc6ccc7ccccc7c6c5c4)c3c2)cc(N(c2cccc3ccccc23)c2cccc3ccccc23)c1. The van der Waals surface area contributed by atoms with Gasteiger partial charge in [-0.2, -0.15) is 0 Å². The molecule has 2 aromatic heterocycles. The number of aromatic nitrogens is 1. The van der Waals surface area contributed by atoms with Gasteiger partial charge >= 0.3 is 0 Å². The first-order chi connectivity index (χ1) is 31.2. The monoisotopic (exact) mass is 818 g/mol. The smallest absolute Gasteiger partial charge is 0.0547 e. The van der Waals surface area contributed by atoms with Crippen LogP contribution in [0.3, 0.4) is 0 Å². The lowest BCUT2D eigenvalue weighted by Gasteiger charge is -2.28. The Labute approximate surface area is 368 Å². The molecule has 0 unspecified atom stereocenters. The molecule has 0 saturated heterocycles. The number of hydrogen-bond donors (Lipinski definition) is 0. The van der Waals surface area contributed by atoms with E-state index in [0.717, 1.165) is 22.6 Å². The molecule has 0 fully saturated rings. The number of para-hydroxylation sites is 1. The van der Waals surface area contributed by atoms with Crippen molar-refractivity contribution < 1.29 is 0 Å². The highest BCUT2D eigenvalue weighted by Gasteiger charge is 2.20. The van der Waals surface area contributed by atoms with Crippen molar-refractivity contribution in [2.45, 2.75) is 0 Å². The van der Waals surface area contributed by atoms with Crippen LogP contribution in [-0.2, 0) is 0 Å². The maximum Gasteiger partial charge on any atom is 0.0547 e. The van der Waals surface area contributed by atoms with Crippen molar-refractivity contribution in [3.05, 3.63) is 231 Å². The molecule has 0 bridgehead atoms. The third kappa shape index (κ3) is 5.71. The molecule has 0 aliphatic rings. The Hall–Kier alpha value is -7.98. The van der Waals surface area contributed by atoms with Gasteiger partial charge in [0.05, 0.1) is 22.4 Å². The molecule has 0 N–H and O–H groups in total. The van der Waals surface area contributed by atoms with E-state index in [1.54, 1.807) is 0 Å². The van der Waals surface area contributed by atoms with Gasteiger partial charge in [-0.3, -0.25) is 0 Å². The number of benzene rings is 11. The van der Waals surface area contributed by atoms with Gasteiger partial charge in [0.1, 0.15) is 0 Å². The average molecular weight is 819 g/mol.